The summed E-state index contributed by atoms with van der Waals surface area (Å²) >= 11 is 0. The van der Waals surface area contributed by atoms with Crippen LogP contribution in [0.5, 0.6) is 0 Å². The lowest BCUT2D eigenvalue weighted by molar-refractivity contribution is -0.137. The number of carbonyl (C=O) groups is 1. The smallest absolute Gasteiger partial charge is 0.361 e. The van der Waals surface area contributed by atoms with E-state index in [9.17, 15) is 18.0 Å². The van der Waals surface area contributed by atoms with Gasteiger partial charge in [0.25, 0.3) is 0 Å². The van der Waals surface area contributed by atoms with E-state index in [1.165, 1.54) is 12.1 Å². The van der Waals surface area contributed by atoms with Gasteiger partial charge in [0.05, 0.1) is 5.56 Å². The lowest BCUT2D eigenvalue weighted by atomic mass is 10.1. The number of benzene rings is 2. The van der Waals surface area contributed by atoms with E-state index in [-0.39, 0.29) is 23.8 Å². The van der Waals surface area contributed by atoms with Gasteiger partial charge >= 0.3 is 6.18 Å². The van der Waals surface area contributed by atoms with Gasteiger partial charge in [0.1, 0.15) is 6.54 Å². The van der Waals surface area contributed by atoms with Crippen LogP contribution in [0.4, 0.5) is 13.2 Å². The number of nitrogens with zero attached hydrogens (tertiary/aromatic N) is 4. The van der Waals surface area contributed by atoms with Gasteiger partial charge in [-0.15, -0.1) is 10.2 Å². The van der Waals surface area contributed by atoms with E-state index in [4.69, 9.17) is 0 Å². The van der Waals surface area contributed by atoms with E-state index < -0.39 is 11.7 Å². The molecule has 7 nitrogen and oxygen atoms in total. The summed E-state index contributed by atoms with van der Waals surface area (Å²) in [6.07, 6.45) is -1.90. The third-order valence-electron chi connectivity index (χ3n) is 4.58. The first-order valence-corrected chi connectivity index (χ1v) is 9.17. The molecule has 0 spiro atoms. The first kappa shape index (κ1) is 19.6. The van der Waals surface area contributed by atoms with Gasteiger partial charge in [-0.3, -0.25) is 4.79 Å². The number of nitrogens with one attached hydrogen (secondary N) is 2. The van der Waals surface area contributed by atoms with Crippen molar-refractivity contribution in [2.75, 3.05) is 6.54 Å². The number of hydrogen-bond donors (Lipinski definition) is 2. The summed E-state index contributed by atoms with van der Waals surface area (Å²) < 4.78 is 38.6. The SMILES string of the molecule is O=C(Cn1nnc(-c2cccc(C(F)(F)F)c2)n1)NCCc1c[nH]c2ccccc12. The molecular formula is C20H17F3N6O. The molecule has 0 bridgehead atoms. The molecule has 0 aliphatic carbocycles. The number of halogens is 3. The standard InChI is InChI=1S/C20H17F3N6O/c21-20(22,23)15-5-3-4-13(10-15)19-26-28-29(27-19)12-18(30)24-9-8-14-11-25-17-7-2-1-6-16(14)17/h1-7,10-11,25H,8-9,12H2,(H,24,30). The maximum Gasteiger partial charge on any atom is 0.416 e. The number of hydrogen-bond acceptors (Lipinski definition) is 4. The topological polar surface area (TPSA) is 88.5 Å². The van der Waals surface area contributed by atoms with Gasteiger partial charge in [0.15, 0.2) is 0 Å². The largest absolute Gasteiger partial charge is 0.416 e. The Labute approximate surface area is 168 Å². The number of aromatic nitrogens is 5. The fraction of sp³-hybridized carbons (Fsp3) is 0.200. The molecule has 2 aromatic carbocycles. The van der Waals surface area contributed by atoms with Gasteiger partial charge in [-0.25, -0.2) is 0 Å². The minimum atomic E-state index is -4.46. The molecule has 1 amide bonds. The predicted molar refractivity (Wildman–Crippen MR) is 103 cm³/mol. The highest BCUT2D eigenvalue weighted by atomic mass is 19.4. The van der Waals surface area contributed by atoms with Crippen molar-refractivity contribution in [2.45, 2.75) is 19.1 Å². The minimum absolute atomic E-state index is 0.0210. The first-order chi connectivity index (χ1) is 14.4. The Morgan fingerprint density at radius 1 is 1.13 bits per heavy atom. The maximum atomic E-state index is 12.9. The fourth-order valence-electron chi connectivity index (χ4n) is 3.12. The molecule has 30 heavy (non-hydrogen) atoms. The molecule has 0 radical (unpaired) electrons. The molecule has 0 unspecified atom stereocenters. The Kier molecular flexibility index (Phi) is 5.21. The summed E-state index contributed by atoms with van der Waals surface area (Å²) in [6.45, 7) is 0.246. The Morgan fingerprint density at radius 2 is 1.97 bits per heavy atom. The van der Waals surface area contributed by atoms with Crippen molar-refractivity contribution in [1.82, 2.24) is 30.5 Å². The zero-order chi connectivity index (χ0) is 21.1. The number of fused-ring (bicyclic) bond motifs is 1. The summed E-state index contributed by atoms with van der Waals surface area (Å²) in [4.78, 5) is 16.4. The molecule has 2 aromatic heterocycles. The second-order valence-corrected chi connectivity index (χ2v) is 6.68. The van der Waals surface area contributed by atoms with Crippen LogP contribution in [0.15, 0.2) is 54.7 Å². The van der Waals surface area contributed by atoms with Crippen LogP contribution >= 0.6 is 0 Å². The third kappa shape index (κ3) is 4.32. The van der Waals surface area contributed by atoms with Gasteiger partial charge in [-0.2, -0.15) is 18.0 Å². The van der Waals surface area contributed by atoms with E-state index in [0.717, 1.165) is 33.4 Å². The van der Waals surface area contributed by atoms with Crippen LogP contribution in [-0.4, -0.2) is 37.6 Å². The van der Waals surface area contributed by atoms with E-state index in [1.807, 2.05) is 30.5 Å². The second-order valence-electron chi connectivity index (χ2n) is 6.68. The van der Waals surface area contributed by atoms with Crippen LogP contribution in [0, 0.1) is 0 Å². The number of alkyl halides is 3. The molecule has 0 fully saturated rings. The summed E-state index contributed by atoms with van der Waals surface area (Å²) in [6, 6.07) is 12.5. The van der Waals surface area contributed by atoms with Gasteiger partial charge in [-0.1, -0.05) is 30.3 Å². The molecule has 0 saturated heterocycles. The molecular weight excluding hydrogens is 397 g/mol. The average Bonchev–Trinajstić information content (AvgIpc) is 3.35. The van der Waals surface area contributed by atoms with Crippen molar-refractivity contribution in [3.63, 3.8) is 0 Å². The highest BCUT2D eigenvalue weighted by Gasteiger charge is 2.30. The Balaban J connectivity index is 1.34. The quantitative estimate of drug-likeness (QED) is 0.507. The van der Waals surface area contributed by atoms with Crippen molar-refractivity contribution in [1.29, 1.82) is 0 Å². The highest BCUT2D eigenvalue weighted by Crippen LogP contribution is 2.31. The van der Waals surface area contributed by atoms with E-state index in [0.29, 0.717) is 13.0 Å². The first-order valence-electron chi connectivity index (χ1n) is 9.17. The van der Waals surface area contributed by atoms with Crippen molar-refractivity contribution < 1.29 is 18.0 Å². The van der Waals surface area contributed by atoms with Gasteiger partial charge in [-0.05, 0) is 35.4 Å². The Bertz CT molecular complexity index is 1180. The number of amides is 1. The number of tetrazole rings is 1. The van der Waals surface area contributed by atoms with Crippen LogP contribution in [0.1, 0.15) is 11.1 Å². The molecule has 0 saturated carbocycles. The fourth-order valence-corrected chi connectivity index (χ4v) is 3.12. The van der Waals surface area contributed by atoms with Crippen LogP contribution < -0.4 is 5.32 Å². The van der Waals surface area contributed by atoms with Crippen molar-refractivity contribution in [2.24, 2.45) is 0 Å². The number of carbonyl (C=O) groups excluding carboxylic acids is 1. The average molecular weight is 414 g/mol. The van der Waals surface area contributed by atoms with Crippen LogP contribution in [0.25, 0.3) is 22.3 Å². The molecule has 0 aliphatic rings. The van der Waals surface area contributed by atoms with Gasteiger partial charge in [0, 0.05) is 29.2 Å². The third-order valence-corrected chi connectivity index (χ3v) is 4.58. The van der Waals surface area contributed by atoms with E-state index >= 15 is 0 Å². The zero-order valence-electron chi connectivity index (χ0n) is 15.6. The van der Waals surface area contributed by atoms with Gasteiger partial charge in [0.2, 0.25) is 11.7 Å². The summed E-state index contributed by atoms with van der Waals surface area (Å²) in [5, 5.41) is 15.4. The second kappa shape index (κ2) is 7.97. The van der Waals surface area contributed by atoms with Crippen LogP contribution in [0.2, 0.25) is 0 Å². The summed E-state index contributed by atoms with van der Waals surface area (Å²) in [5.74, 6) is -0.296. The number of rotatable bonds is 6. The number of H-pyrrole nitrogens is 1. The Morgan fingerprint density at radius 3 is 2.80 bits per heavy atom. The van der Waals surface area contributed by atoms with Crippen molar-refractivity contribution >= 4 is 16.8 Å². The van der Waals surface area contributed by atoms with E-state index in [1.54, 1.807) is 0 Å². The lowest BCUT2D eigenvalue weighted by Crippen LogP contribution is -2.30. The van der Waals surface area contributed by atoms with Crippen molar-refractivity contribution in [3.05, 3.63) is 65.9 Å². The molecule has 0 atom stereocenters. The molecule has 0 aliphatic heterocycles. The molecule has 2 heterocycles. The van der Waals surface area contributed by atoms with Crippen LogP contribution in [-0.2, 0) is 23.9 Å². The predicted octanol–water partition coefficient (Wildman–Crippen LogP) is 3.20. The van der Waals surface area contributed by atoms with Gasteiger partial charge < -0.3 is 10.3 Å². The van der Waals surface area contributed by atoms with Crippen LogP contribution in [0.3, 0.4) is 0 Å². The minimum Gasteiger partial charge on any atom is -0.361 e. The number of aromatic amines is 1. The van der Waals surface area contributed by atoms with E-state index in [2.05, 4.69) is 25.7 Å². The monoisotopic (exact) mass is 414 g/mol. The maximum absolute atomic E-state index is 12.9. The normalized spacial score (nSPS) is 11.7. The number of para-hydroxylation sites is 1. The molecule has 4 aromatic rings. The Hall–Kier alpha value is -3.69. The highest BCUT2D eigenvalue weighted by molar-refractivity contribution is 5.83. The molecule has 2 N–H and O–H groups in total. The zero-order valence-corrected chi connectivity index (χ0v) is 15.6. The van der Waals surface area contributed by atoms with Crippen molar-refractivity contribution in [3.8, 4) is 11.4 Å². The molecule has 4 rings (SSSR count). The molecule has 10 heteroatoms. The lowest BCUT2D eigenvalue weighted by Gasteiger charge is -2.06. The summed E-state index contributed by atoms with van der Waals surface area (Å²) in [5.41, 5.74) is 1.51. The molecule has 154 valence electrons. The summed E-state index contributed by atoms with van der Waals surface area (Å²) in [7, 11) is 0.